The summed E-state index contributed by atoms with van der Waals surface area (Å²) in [5.74, 6) is 0. The lowest BCUT2D eigenvalue weighted by molar-refractivity contribution is 0.399. The van der Waals surface area contributed by atoms with Crippen LogP contribution in [0, 0.1) is 0 Å². The van der Waals surface area contributed by atoms with Crippen LogP contribution in [0.3, 0.4) is 0 Å². The average Bonchev–Trinajstić information content (AvgIpc) is 1.50. The molecule has 0 atom stereocenters. The molecule has 0 heterocycles. The van der Waals surface area contributed by atoms with Gasteiger partial charge in [0.1, 0.15) is 0 Å². The summed E-state index contributed by atoms with van der Waals surface area (Å²) in [7, 11) is 1.00. The molecule has 0 radical (unpaired) electrons. The van der Waals surface area contributed by atoms with Gasteiger partial charge < -0.3 is 10.6 Å². The maximum atomic E-state index is 7.00. The smallest absolute Gasteiger partial charge is 0.0319 e. The molecule has 0 aromatic rings. The second-order valence-electron chi connectivity index (χ2n) is 0. The molecule has 0 bridgehead atoms. The van der Waals surface area contributed by atoms with Crippen LogP contribution in [0.4, 0.5) is 0 Å². The summed E-state index contributed by atoms with van der Waals surface area (Å²) in [6.07, 6.45) is 0. The summed E-state index contributed by atoms with van der Waals surface area (Å²) in [6.45, 7) is 4.00. The van der Waals surface area contributed by atoms with Gasteiger partial charge in [0, 0.05) is 7.11 Å². The Hall–Kier alpha value is -0.0800. The van der Waals surface area contributed by atoms with Gasteiger partial charge >= 0.3 is 0 Å². The SMILES string of the molecule is CC.CO.O. The zero-order valence-corrected chi connectivity index (χ0v) is 3.95. The lowest BCUT2D eigenvalue weighted by Gasteiger charge is -1.21. The summed E-state index contributed by atoms with van der Waals surface area (Å²) in [5, 5.41) is 7.00. The molecular formula is C3H12O2. The Morgan fingerprint density at radius 3 is 1.00 bits per heavy atom. The molecule has 2 nitrogen and oxygen atoms in total. The van der Waals surface area contributed by atoms with E-state index in [0.29, 0.717) is 0 Å². The van der Waals surface area contributed by atoms with Gasteiger partial charge in [-0.2, -0.15) is 0 Å². The molecule has 0 rings (SSSR count). The molecule has 0 saturated carbocycles. The van der Waals surface area contributed by atoms with E-state index in [-0.39, 0.29) is 5.48 Å². The van der Waals surface area contributed by atoms with Crippen molar-refractivity contribution in [1.29, 1.82) is 0 Å². The second kappa shape index (κ2) is 5220. The van der Waals surface area contributed by atoms with E-state index < -0.39 is 0 Å². The van der Waals surface area contributed by atoms with E-state index in [1.54, 1.807) is 0 Å². The first-order chi connectivity index (χ1) is 2.00. The highest BCUT2D eigenvalue weighted by atomic mass is 16.2. The number of rotatable bonds is 0. The Balaban J connectivity index is -0.0000000133. The minimum absolute atomic E-state index is 0. The van der Waals surface area contributed by atoms with Gasteiger partial charge in [-0.25, -0.2) is 0 Å². The van der Waals surface area contributed by atoms with Crippen LogP contribution in [0.15, 0.2) is 0 Å². The van der Waals surface area contributed by atoms with E-state index in [0.717, 1.165) is 7.11 Å². The Bertz CT molecular complexity index is 4.85. The van der Waals surface area contributed by atoms with Crippen LogP contribution in [-0.4, -0.2) is 17.7 Å². The van der Waals surface area contributed by atoms with Crippen molar-refractivity contribution in [1.82, 2.24) is 0 Å². The molecule has 0 aliphatic carbocycles. The molecular weight excluding hydrogens is 68.0 g/mol. The van der Waals surface area contributed by atoms with Gasteiger partial charge in [0.05, 0.1) is 0 Å². The molecule has 0 aliphatic heterocycles. The van der Waals surface area contributed by atoms with Gasteiger partial charge in [0.25, 0.3) is 0 Å². The molecule has 0 amide bonds. The van der Waals surface area contributed by atoms with Crippen molar-refractivity contribution in [3.05, 3.63) is 0 Å². The monoisotopic (exact) mass is 80.1 g/mol. The zero-order valence-electron chi connectivity index (χ0n) is 3.95. The second-order valence-corrected chi connectivity index (χ2v) is 0. The van der Waals surface area contributed by atoms with E-state index in [1.165, 1.54) is 0 Å². The van der Waals surface area contributed by atoms with Crippen LogP contribution < -0.4 is 0 Å². The first-order valence-electron chi connectivity index (χ1n) is 1.45. The van der Waals surface area contributed by atoms with Crippen molar-refractivity contribution in [3.63, 3.8) is 0 Å². The predicted octanol–water partition coefficient (Wildman–Crippen LogP) is -0.190. The third-order valence-electron chi connectivity index (χ3n) is 0. The van der Waals surface area contributed by atoms with Crippen molar-refractivity contribution >= 4 is 0 Å². The molecule has 2 heteroatoms. The lowest BCUT2D eigenvalue weighted by Crippen LogP contribution is -1.25. The summed E-state index contributed by atoms with van der Waals surface area (Å²) in [4.78, 5) is 0. The highest BCUT2D eigenvalue weighted by Crippen LogP contribution is 1.14. The zero-order chi connectivity index (χ0) is 4.00. The molecule has 0 spiro atoms. The number of hydrogen-bond donors (Lipinski definition) is 1. The fourth-order valence-corrected chi connectivity index (χ4v) is 0. The first kappa shape index (κ1) is 20.5. The van der Waals surface area contributed by atoms with Crippen molar-refractivity contribution in [2.75, 3.05) is 7.11 Å². The Morgan fingerprint density at radius 2 is 1.00 bits per heavy atom. The van der Waals surface area contributed by atoms with Gasteiger partial charge in [-0.15, -0.1) is 0 Å². The predicted molar refractivity (Wildman–Crippen MR) is 23.1 cm³/mol. The van der Waals surface area contributed by atoms with Crippen LogP contribution in [0.5, 0.6) is 0 Å². The normalized spacial score (nSPS) is 2.40. The van der Waals surface area contributed by atoms with Crippen LogP contribution in [0.1, 0.15) is 13.8 Å². The molecule has 0 fully saturated rings. The van der Waals surface area contributed by atoms with Gasteiger partial charge in [-0.1, -0.05) is 13.8 Å². The molecule has 0 saturated heterocycles. The summed E-state index contributed by atoms with van der Waals surface area (Å²) in [6, 6.07) is 0. The van der Waals surface area contributed by atoms with Gasteiger partial charge in [0.2, 0.25) is 0 Å². The van der Waals surface area contributed by atoms with Gasteiger partial charge in [0.15, 0.2) is 0 Å². The van der Waals surface area contributed by atoms with E-state index in [1.807, 2.05) is 13.8 Å². The van der Waals surface area contributed by atoms with E-state index in [9.17, 15) is 0 Å². The Labute approximate surface area is 32.7 Å². The fourth-order valence-electron chi connectivity index (χ4n) is 0. The molecule has 0 unspecified atom stereocenters. The standard InChI is InChI=1S/C2H6.CH4O.H2O/c2*1-2;/h1-2H3;2H,1H3;1H2. The fraction of sp³-hybridized carbons (Fsp3) is 1.00. The van der Waals surface area contributed by atoms with Crippen LogP contribution in [0.2, 0.25) is 0 Å². The topological polar surface area (TPSA) is 51.7 Å². The molecule has 0 aliphatic rings. The molecule has 0 aromatic carbocycles. The Morgan fingerprint density at radius 1 is 1.00 bits per heavy atom. The van der Waals surface area contributed by atoms with E-state index in [4.69, 9.17) is 5.11 Å². The first-order valence-corrected chi connectivity index (χ1v) is 1.45. The van der Waals surface area contributed by atoms with Gasteiger partial charge in [-0.05, 0) is 0 Å². The van der Waals surface area contributed by atoms with Gasteiger partial charge in [-0.3, -0.25) is 0 Å². The molecule has 5 heavy (non-hydrogen) atoms. The number of aliphatic hydroxyl groups excluding tert-OH is 1. The lowest BCUT2D eigenvalue weighted by atomic mass is 11.0. The van der Waals surface area contributed by atoms with Crippen LogP contribution in [-0.2, 0) is 0 Å². The van der Waals surface area contributed by atoms with Crippen LogP contribution >= 0.6 is 0 Å². The number of aliphatic hydroxyl groups is 1. The van der Waals surface area contributed by atoms with Crippen LogP contribution in [0.25, 0.3) is 0 Å². The van der Waals surface area contributed by atoms with E-state index in [2.05, 4.69) is 0 Å². The maximum absolute atomic E-state index is 7.00. The highest BCUT2D eigenvalue weighted by Gasteiger charge is 0.932. The third-order valence-corrected chi connectivity index (χ3v) is 0. The summed E-state index contributed by atoms with van der Waals surface area (Å²) in [5.41, 5.74) is 0. The summed E-state index contributed by atoms with van der Waals surface area (Å²) < 4.78 is 0. The van der Waals surface area contributed by atoms with E-state index >= 15 is 0 Å². The van der Waals surface area contributed by atoms with Crippen molar-refractivity contribution < 1.29 is 10.6 Å². The molecule has 36 valence electrons. The highest BCUT2D eigenvalue weighted by molar-refractivity contribution is 3.50. The average molecular weight is 80.1 g/mol. The summed E-state index contributed by atoms with van der Waals surface area (Å²) >= 11 is 0. The molecule has 0 aromatic heterocycles. The van der Waals surface area contributed by atoms with Crippen molar-refractivity contribution in [2.24, 2.45) is 0 Å². The minimum Gasteiger partial charge on any atom is -0.412 e. The minimum atomic E-state index is 0. The third kappa shape index (κ3) is 2260. The molecule has 3 N–H and O–H groups in total. The van der Waals surface area contributed by atoms with Crippen molar-refractivity contribution in [3.8, 4) is 0 Å². The maximum Gasteiger partial charge on any atom is 0.0319 e. The Kier molecular flexibility index (Phi) is 21400. The largest absolute Gasteiger partial charge is 0.412 e. The quantitative estimate of drug-likeness (QED) is 0.430. The number of hydrogen-bond acceptors (Lipinski definition) is 1. The van der Waals surface area contributed by atoms with Crippen molar-refractivity contribution in [2.45, 2.75) is 13.8 Å².